The zero-order valence-electron chi connectivity index (χ0n) is 15.0. The van der Waals surface area contributed by atoms with Crippen molar-refractivity contribution in [3.8, 4) is 0 Å². The van der Waals surface area contributed by atoms with Crippen molar-refractivity contribution in [1.29, 1.82) is 0 Å². The van der Waals surface area contributed by atoms with Crippen molar-refractivity contribution in [1.82, 2.24) is 4.90 Å². The van der Waals surface area contributed by atoms with Crippen molar-refractivity contribution in [3.63, 3.8) is 0 Å². The maximum Gasteiger partial charge on any atom is 0.256 e. The van der Waals surface area contributed by atoms with Crippen LogP contribution in [-0.2, 0) is 4.79 Å². The molecule has 4 nitrogen and oxygen atoms in total. The van der Waals surface area contributed by atoms with Crippen LogP contribution in [0.25, 0.3) is 0 Å². The monoisotopic (exact) mass is 516 g/mol. The number of rotatable bonds is 2. The van der Waals surface area contributed by atoms with Crippen molar-refractivity contribution in [2.24, 2.45) is 0 Å². The summed E-state index contributed by atoms with van der Waals surface area (Å²) in [6.07, 6.45) is 0. The van der Waals surface area contributed by atoms with Gasteiger partial charge in [-0.2, -0.15) is 0 Å². The molecule has 0 aliphatic carbocycles. The number of carbonyl (C=O) groups excluding carboxylic acids is 2. The van der Waals surface area contributed by atoms with E-state index in [9.17, 15) is 14.0 Å². The van der Waals surface area contributed by atoms with Crippen LogP contribution in [-0.4, -0.2) is 23.3 Å². The molecule has 1 atom stereocenters. The molecular weight excluding hydrogens is 503 g/mol. The summed E-state index contributed by atoms with van der Waals surface area (Å²) in [4.78, 5) is 27.6. The molecule has 3 aromatic carbocycles. The predicted molar refractivity (Wildman–Crippen MR) is 116 cm³/mol. The van der Waals surface area contributed by atoms with Gasteiger partial charge in [0.1, 0.15) is 12.4 Å². The Balaban J connectivity index is 1.91. The number of carbonyl (C=O) groups is 2. The van der Waals surface area contributed by atoms with Gasteiger partial charge < -0.3 is 10.2 Å². The first-order valence-electron chi connectivity index (χ1n) is 8.84. The Hall–Kier alpha value is -2.51. The average Bonchev–Trinajstić information content (AvgIpc) is 2.84. The van der Waals surface area contributed by atoms with Gasteiger partial charge in [0.15, 0.2) is 0 Å². The number of hydrogen-bond acceptors (Lipinski definition) is 2. The molecule has 29 heavy (non-hydrogen) atoms. The van der Waals surface area contributed by atoms with E-state index in [1.807, 2.05) is 18.2 Å². The van der Waals surface area contributed by atoms with Gasteiger partial charge in [-0.05, 0) is 64.0 Å². The zero-order chi connectivity index (χ0) is 20.5. The summed E-state index contributed by atoms with van der Waals surface area (Å²) in [6, 6.07) is 18.0. The number of hydrogen-bond donors (Lipinski definition) is 1. The van der Waals surface area contributed by atoms with Crippen molar-refractivity contribution >= 4 is 49.4 Å². The van der Waals surface area contributed by atoms with E-state index in [0.717, 1.165) is 10.0 Å². The highest BCUT2D eigenvalue weighted by Crippen LogP contribution is 2.38. The van der Waals surface area contributed by atoms with Gasteiger partial charge in [0.2, 0.25) is 5.91 Å². The summed E-state index contributed by atoms with van der Waals surface area (Å²) in [6.45, 7) is -0.130. The molecule has 146 valence electrons. The van der Waals surface area contributed by atoms with Crippen molar-refractivity contribution in [3.05, 3.63) is 98.2 Å². The summed E-state index contributed by atoms with van der Waals surface area (Å²) in [5, 5.41) is 2.87. The smallest absolute Gasteiger partial charge is 0.256 e. The highest BCUT2D eigenvalue weighted by molar-refractivity contribution is 9.10. The second-order valence-electron chi connectivity index (χ2n) is 6.65. The fraction of sp³-hybridized carbons (Fsp3) is 0.0909. The van der Waals surface area contributed by atoms with E-state index in [4.69, 9.17) is 0 Å². The molecule has 0 fully saturated rings. The van der Waals surface area contributed by atoms with Gasteiger partial charge in [0.05, 0.1) is 11.6 Å². The Bertz CT molecular complexity index is 1100. The largest absolute Gasteiger partial charge is 0.324 e. The molecule has 0 saturated heterocycles. The van der Waals surface area contributed by atoms with E-state index in [2.05, 4.69) is 37.2 Å². The zero-order valence-corrected chi connectivity index (χ0v) is 18.2. The molecule has 0 spiro atoms. The van der Waals surface area contributed by atoms with Gasteiger partial charge in [0.25, 0.3) is 5.91 Å². The van der Waals surface area contributed by atoms with Crippen molar-refractivity contribution < 1.29 is 14.0 Å². The summed E-state index contributed by atoms with van der Waals surface area (Å²) < 4.78 is 15.0. The molecule has 0 radical (unpaired) electrons. The second-order valence-corrected chi connectivity index (χ2v) is 8.42. The van der Waals surface area contributed by atoms with Crippen LogP contribution in [0.4, 0.5) is 10.1 Å². The van der Waals surface area contributed by atoms with Gasteiger partial charge in [-0.25, -0.2) is 4.39 Å². The predicted octanol–water partition coefficient (Wildman–Crippen LogP) is 5.53. The third-order valence-corrected chi connectivity index (χ3v) is 5.94. The van der Waals surface area contributed by atoms with E-state index in [0.29, 0.717) is 21.3 Å². The Morgan fingerprint density at radius 1 is 1.03 bits per heavy atom. The molecule has 1 N–H and O–H groups in total. The van der Waals surface area contributed by atoms with Gasteiger partial charge in [0, 0.05) is 20.2 Å². The molecule has 0 saturated carbocycles. The average molecular weight is 518 g/mol. The summed E-state index contributed by atoms with van der Waals surface area (Å²) in [7, 11) is 0. The molecule has 7 heteroatoms. The van der Waals surface area contributed by atoms with E-state index in [1.54, 1.807) is 36.4 Å². The van der Waals surface area contributed by atoms with E-state index >= 15 is 0 Å². The standard InChI is InChI=1S/C22H15Br2FN2O2/c23-14-7-10-19-17(11-14)21(13-5-8-15(25)9-6-13)27(12-20(28)26-19)22(29)16-3-1-2-4-18(16)24/h1-11,21H,12H2,(H,26,28). The number of amides is 2. The second kappa shape index (κ2) is 8.08. The van der Waals surface area contributed by atoms with Gasteiger partial charge in [-0.1, -0.05) is 40.2 Å². The minimum absolute atomic E-state index is 0.130. The Kier molecular flexibility index (Phi) is 5.52. The first-order chi connectivity index (χ1) is 13.9. The van der Waals surface area contributed by atoms with Gasteiger partial charge in [-0.3, -0.25) is 9.59 Å². The summed E-state index contributed by atoms with van der Waals surface area (Å²) in [5.74, 6) is -0.955. The van der Waals surface area contributed by atoms with E-state index < -0.39 is 6.04 Å². The third-order valence-electron chi connectivity index (χ3n) is 4.76. The normalized spacial score (nSPS) is 16.0. The summed E-state index contributed by atoms with van der Waals surface area (Å²) in [5.41, 5.74) is 2.53. The maximum absolute atomic E-state index is 13.6. The number of benzene rings is 3. The van der Waals surface area contributed by atoms with Crippen LogP contribution in [0.2, 0.25) is 0 Å². The fourth-order valence-electron chi connectivity index (χ4n) is 3.46. The highest BCUT2D eigenvalue weighted by Gasteiger charge is 2.34. The maximum atomic E-state index is 13.6. The number of halogens is 3. The van der Waals surface area contributed by atoms with Crippen LogP contribution in [0.1, 0.15) is 27.5 Å². The molecule has 2 amide bonds. The number of nitrogens with zero attached hydrogens (tertiary/aromatic N) is 1. The number of anilines is 1. The van der Waals surface area contributed by atoms with Crippen molar-refractivity contribution in [2.45, 2.75) is 6.04 Å². The molecule has 3 aromatic rings. The molecule has 0 aromatic heterocycles. The van der Waals surface area contributed by atoms with Crippen LogP contribution >= 0.6 is 31.9 Å². The molecule has 1 unspecified atom stereocenters. The molecular formula is C22H15Br2FN2O2. The van der Waals surface area contributed by atoms with Crippen molar-refractivity contribution in [2.75, 3.05) is 11.9 Å². The van der Waals surface area contributed by atoms with Gasteiger partial charge >= 0.3 is 0 Å². The first-order valence-corrected chi connectivity index (χ1v) is 10.4. The van der Waals surface area contributed by atoms with Crippen LogP contribution in [0.3, 0.4) is 0 Å². The minimum atomic E-state index is -0.568. The summed E-state index contributed by atoms with van der Waals surface area (Å²) >= 11 is 6.89. The molecule has 1 heterocycles. The van der Waals surface area contributed by atoms with Crippen LogP contribution in [0.5, 0.6) is 0 Å². The highest BCUT2D eigenvalue weighted by atomic mass is 79.9. The van der Waals surface area contributed by atoms with Gasteiger partial charge in [-0.15, -0.1) is 0 Å². The Morgan fingerprint density at radius 2 is 1.76 bits per heavy atom. The fourth-order valence-corrected chi connectivity index (χ4v) is 4.29. The van der Waals surface area contributed by atoms with Crippen LogP contribution in [0.15, 0.2) is 75.7 Å². The quantitative estimate of drug-likeness (QED) is 0.485. The Morgan fingerprint density at radius 3 is 2.48 bits per heavy atom. The lowest BCUT2D eigenvalue weighted by atomic mass is 9.95. The Labute approximate surface area is 184 Å². The van der Waals surface area contributed by atoms with Crippen LogP contribution < -0.4 is 5.32 Å². The topological polar surface area (TPSA) is 49.4 Å². The SMILES string of the molecule is O=C1CN(C(=O)c2ccccc2Br)C(c2ccc(F)cc2)c2cc(Br)ccc2N1. The molecule has 1 aliphatic heterocycles. The minimum Gasteiger partial charge on any atom is -0.324 e. The lowest BCUT2D eigenvalue weighted by Gasteiger charge is -2.31. The van der Waals surface area contributed by atoms with E-state index in [-0.39, 0.29) is 24.2 Å². The molecule has 4 rings (SSSR count). The molecule has 1 aliphatic rings. The van der Waals surface area contributed by atoms with E-state index in [1.165, 1.54) is 17.0 Å². The lowest BCUT2D eigenvalue weighted by Crippen LogP contribution is -2.39. The number of nitrogens with one attached hydrogen (secondary N) is 1. The van der Waals surface area contributed by atoms with Crippen LogP contribution in [0, 0.1) is 5.82 Å². The number of fused-ring (bicyclic) bond motifs is 1. The third kappa shape index (κ3) is 3.97. The first kappa shape index (κ1) is 19.8. The molecule has 0 bridgehead atoms. The lowest BCUT2D eigenvalue weighted by molar-refractivity contribution is -0.117.